The number of esters is 1. The molecule has 0 radical (unpaired) electrons. The first-order valence-electron chi connectivity index (χ1n) is 5.33. The van der Waals surface area contributed by atoms with E-state index >= 15 is 0 Å². The maximum Gasteiger partial charge on any atom is 0.335 e. The van der Waals surface area contributed by atoms with Crippen molar-refractivity contribution in [2.75, 3.05) is 6.61 Å². The van der Waals surface area contributed by atoms with Gasteiger partial charge in [0.25, 0.3) is 0 Å². The van der Waals surface area contributed by atoms with Crippen LogP contribution in [-0.4, -0.2) is 29.7 Å². The van der Waals surface area contributed by atoms with E-state index in [4.69, 9.17) is 0 Å². The van der Waals surface area contributed by atoms with E-state index in [1.54, 1.807) is 37.1 Å². The van der Waals surface area contributed by atoms with Crippen molar-refractivity contribution in [1.82, 2.24) is 0 Å². The summed E-state index contributed by atoms with van der Waals surface area (Å²) in [5, 5.41) is 9.54. The zero-order chi connectivity index (χ0) is 12.7. The van der Waals surface area contributed by atoms with Crippen LogP contribution in [0.4, 0.5) is 0 Å². The minimum absolute atomic E-state index is 0.0909. The zero-order valence-corrected chi connectivity index (χ0v) is 9.55. The highest BCUT2D eigenvalue weighted by Gasteiger charge is 2.19. The highest BCUT2D eigenvalue weighted by molar-refractivity contribution is 5.90. The summed E-state index contributed by atoms with van der Waals surface area (Å²) in [4.78, 5) is 22.0. The number of benzene rings is 1. The first kappa shape index (κ1) is 13.2. The number of hydrogen-bond donors (Lipinski definition) is 1. The minimum atomic E-state index is -1.33. The van der Waals surface area contributed by atoms with E-state index in [0.29, 0.717) is 5.56 Å². The lowest BCUT2D eigenvalue weighted by molar-refractivity contribution is -0.152. The van der Waals surface area contributed by atoms with Crippen LogP contribution in [0.5, 0.6) is 0 Å². The van der Waals surface area contributed by atoms with Gasteiger partial charge in [-0.1, -0.05) is 30.3 Å². The van der Waals surface area contributed by atoms with Gasteiger partial charge in [0.05, 0.1) is 6.61 Å². The molecule has 0 fully saturated rings. The van der Waals surface area contributed by atoms with E-state index in [-0.39, 0.29) is 18.6 Å². The lowest BCUT2D eigenvalue weighted by Gasteiger charge is -2.10. The van der Waals surface area contributed by atoms with Gasteiger partial charge in [-0.25, -0.2) is 9.59 Å². The zero-order valence-electron chi connectivity index (χ0n) is 9.55. The highest BCUT2D eigenvalue weighted by atomic mass is 16.5. The van der Waals surface area contributed by atoms with Gasteiger partial charge in [0.15, 0.2) is 6.10 Å². The van der Waals surface area contributed by atoms with Gasteiger partial charge in [-0.05, 0) is 12.5 Å². The van der Waals surface area contributed by atoms with Crippen LogP contribution >= 0.6 is 0 Å². The summed E-state index contributed by atoms with van der Waals surface area (Å²) in [5.41, 5.74) is 0.900. The van der Waals surface area contributed by atoms with Gasteiger partial charge >= 0.3 is 5.97 Å². The summed E-state index contributed by atoms with van der Waals surface area (Å²) in [6, 6.07) is 8.79. The normalized spacial score (nSPS) is 11.4. The lowest BCUT2D eigenvalue weighted by Crippen LogP contribution is -2.23. The van der Waals surface area contributed by atoms with Crippen LogP contribution in [0.15, 0.2) is 30.3 Å². The minimum Gasteiger partial charge on any atom is -0.464 e. The molecule has 0 saturated carbocycles. The summed E-state index contributed by atoms with van der Waals surface area (Å²) in [6.45, 7) is 1.85. The molecule has 0 saturated heterocycles. The topological polar surface area (TPSA) is 63.6 Å². The number of carbonyl (C=O) groups excluding carboxylic acids is 2. The van der Waals surface area contributed by atoms with Crippen LogP contribution in [0.3, 0.4) is 0 Å². The lowest BCUT2D eigenvalue weighted by atomic mass is 10.0. The van der Waals surface area contributed by atoms with E-state index in [0.717, 1.165) is 0 Å². The Balaban J connectivity index is 2.73. The van der Waals surface area contributed by atoms with Gasteiger partial charge in [0, 0.05) is 12.0 Å². The van der Waals surface area contributed by atoms with Crippen LogP contribution in [0, 0.1) is 0 Å². The first-order chi connectivity index (χ1) is 8.19. The Morgan fingerprint density at radius 1 is 1.41 bits per heavy atom. The number of aliphatic hydroxyl groups excluding tert-OH is 1. The standard InChI is InChI=1S/C13H14O4/c1-2-17-13(16)12(15)8-11(9-14)10-6-4-3-5-7-10/h3-7,12,15H,2,8H2,1H3/t12-/m1/s1. The molecule has 17 heavy (non-hydrogen) atoms. The molecule has 0 aliphatic carbocycles. The Kier molecular flexibility index (Phi) is 5.14. The third kappa shape index (κ3) is 3.87. The molecule has 1 aromatic carbocycles. The summed E-state index contributed by atoms with van der Waals surface area (Å²) in [5.74, 6) is 1.02. The van der Waals surface area contributed by atoms with Crippen molar-refractivity contribution in [2.24, 2.45) is 0 Å². The van der Waals surface area contributed by atoms with Crippen molar-refractivity contribution in [3.8, 4) is 0 Å². The molecule has 0 unspecified atom stereocenters. The Bertz CT molecular complexity index is 418. The fraction of sp³-hybridized carbons (Fsp3) is 0.308. The summed E-state index contributed by atoms with van der Waals surface area (Å²) in [7, 11) is 0. The molecule has 0 heterocycles. The van der Waals surface area contributed by atoms with E-state index in [1.165, 1.54) is 0 Å². The second kappa shape index (κ2) is 6.63. The molecule has 0 aliphatic rings. The molecule has 1 atom stereocenters. The first-order valence-corrected chi connectivity index (χ1v) is 5.33. The molecule has 0 aliphatic heterocycles. The summed E-state index contributed by atoms with van der Waals surface area (Å²) >= 11 is 0. The van der Waals surface area contributed by atoms with E-state index < -0.39 is 12.1 Å². The molecule has 90 valence electrons. The highest BCUT2D eigenvalue weighted by Crippen LogP contribution is 2.17. The van der Waals surface area contributed by atoms with Crippen molar-refractivity contribution < 1.29 is 19.4 Å². The van der Waals surface area contributed by atoms with Gasteiger partial charge in [-0.2, -0.15) is 0 Å². The van der Waals surface area contributed by atoms with Crippen molar-refractivity contribution in [3.05, 3.63) is 35.9 Å². The number of ether oxygens (including phenoxy) is 1. The van der Waals surface area contributed by atoms with Crippen molar-refractivity contribution >= 4 is 17.5 Å². The number of rotatable bonds is 5. The molecule has 4 heteroatoms. The van der Waals surface area contributed by atoms with E-state index in [1.807, 2.05) is 6.07 Å². The Morgan fingerprint density at radius 2 is 2.06 bits per heavy atom. The van der Waals surface area contributed by atoms with Gasteiger partial charge in [-0.15, -0.1) is 0 Å². The smallest absolute Gasteiger partial charge is 0.335 e. The third-order valence-corrected chi connectivity index (χ3v) is 2.20. The van der Waals surface area contributed by atoms with Crippen molar-refractivity contribution in [3.63, 3.8) is 0 Å². The molecule has 1 N–H and O–H groups in total. The van der Waals surface area contributed by atoms with Crippen LogP contribution in [0.1, 0.15) is 18.9 Å². The average Bonchev–Trinajstić information content (AvgIpc) is 2.37. The maximum atomic E-state index is 11.2. The maximum absolute atomic E-state index is 11.2. The second-order valence-corrected chi connectivity index (χ2v) is 3.42. The molecule has 0 spiro atoms. The van der Waals surface area contributed by atoms with Crippen LogP contribution < -0.4 is 0 Å². The van der Waals surface area contributed by atoms with E-state index in [9.17, 15) is 14.7 Å². The van der Waals surface area contributed by atoms with Crippen molar-refractivity contribution in [2.45, 2.75) is 19.4 Å². The SMILES string of the molecule is CCOC(=O)[C@H](O)CC(=C=O)c1ccccc1. The Labute approximate surface area is 99.5 Å². The van der Waals surface area contributed by atoms with Crippen LogP contribution in [-0.2, 0) is 14.3 Å². The Hall–Kier alpha value is -1.90. The van der Waals surface area contributed by atoms with Gasteiger partial charge in [0.2, 0.25) is 0 Å². The number of hydrogen-bond acceptors (Lipinski definition) is 4. The molecular formula is C13H14O4. The third-order valence-electron chi connectivity index (χ3n) is 2.20. The molecular weight excluding hydrogens is 220 g/mol. The van der Waals surface area contributed by atoms with Gasteiger partial charge < -0.3 is 9.84 Å². The van der Waals surface area contributed by atoms with Gasteiger partial charge in [-0.3, -0.25) is 0 Å². The molecule has 0 amide bonds. The summed E-state index contributed by atoms with van der Waals surface area (Å²) in [6.07, 6.45) is -1.42. The van der Waals surface area contributed by atoms with Crippen LogP contribution in [0.25, 0.3) is 5.57 Å². The quantitative estimate of drug-likeness (QED) is 0.614. The van der Waals surface area contributed by atoms with Gasteiger partial charge in [0.1, 0.15) is 5.94 Å². The van der Waals surface area contributed by atoms with Crippen LogP contribution in [0.2, 0.25) is 0 Å². The second-order valence-electron chi connectivity index (χ2n) is 3.42. The van der Waals surface area contributed by atoms with Crippen molar-refractivity contribution in [1.29, 1.82) is 0 Å². The predicted octanol–water partition coefficient (Wildman–Crippen LogP) is 1.22. The predicted molar refractivity (Wildman–Crippen MR) is 62.8 cm³/mol. The molecule has 1 aromatic rings. The molecule has 4 nitrogen and oxygen atoms in total. The van der Waals surface area contributed by atoms with E-state index in [2.05, 4.69) is 4.74 Å². The number of carbonyl (C=O) groups is 1. The fourth-order valence-corrected chi connectivity index (χ4v) is 1.37. The largest absolute Gasteiger partial charge is 0.464 e. The molecule has 0 aromatic heterocycles. The molecule has 0 bridgehead atoms. The fourth-order valence-electron chi connectivity index (χ4n) is 1.37. The average molecular weight is 234 g/mol. The monoisotopic (exact) mass is 234 g/mol. The molecule has 1 rings (SSSR count). The number of aliphatic hydroxyl groups is 1. The summed E-state index contributed by atoms with van der Waals surface area (Å²) < 4.78 is 4.65. The Morgan fingerprint density at radius 3 is 2.59 bits per heavy atom.